The molecule has 0 radical (unpaired) electrons. The van der Waals surface area contributed by atoms with Crippen LogP contribution in [0.3, 0.4) is 0 Å². The van der Waals surface area contributed by atoms with Crippen molar-refractivity contribution >= 4 is 110 Å². The first-order valence-electron chi connectivity index (χ1n) is 30.8. The quantitative estimate of drug-likeness (QED) is 0.165. The molecule has 0 amide bonds. The number of benzene rings is 9. The largest absolute Gasteiger partial charge is 0.310 e. The van der Waals surface area contributed by atoms with Crippen molar-refractivity contribution in [3.63, 3.8) is 0 Å². The minimum atomic E-state index is -0.456. The zero-order valence-corrected chi connectivity index (χ0v) is 44.3. The summed E-state index contributed by atoms with van der Waals surface area (Å²) in [5, 5.41) is 7.67. The van der Waals surface area contributed by atoms with Gasteiger partial charge in [-0.3, -0.25) is 0 Å². The number of hydrogen-bond donors (Lipinski definition) is 0. The van der Waals surface area contributed by atoms with E-state index in [0.29, 0.717) is 22.7 Å². The van der Waals surface area contributed by atoms with E-state index < -0.39 is 36.3 Å². The van der Waals surface area contributed by atoms with Crippen LogP contribution < -0.4 is 9.80 Å². The van der Waals surface area contributed by atoms with E-state index in [-0.39, 0.29) is 57.2 Å². The molecular weight excluding hydrogens is 897 g/mol. The SMILES string of the molecule is [2H]c1c([2H])c([2H])c(N(c2ccc(C(C)(C)C)cc2)c2ccc3c4cc5c(cc4n4c6c(C(C)(C)C)cccc6c2c34)c2ccc(N(c3ccc(C(C)(C)C)cc3)c3c([2H])c([2H])c([2H])c([2H])c3[2H])c3c4cccc(C(C)(C)C)c4n5c23)c([2H])c1[2H]. The van der Waals surface area contributed by atoms with E-state index in [1.807, 2.05) is 34.1 Å². The molecule has 4 heterocycles. The Kier molecular flexibility index (Phi) is 7.74. The molecule has 4 heteroatoms. The first-order chi connectivity index (χ1) is 39.4. The third kappa shape index (κ3) is 6.79. The lowest BCUT2D eigenvalue weighted by Crippen LogP contribution is -2.13. The maximum absolute atomic E-state index is 9.47. The van der Waals surface area contributed by atoms with Crippen LogP contribution in [-0.4, -0.2) is 8.80 Å². The average molecular weight is 973 g/mol. The Bertz CT molecular complexity index is 4560. The van der Waals surface area contributed by atoms with Gasteiger partial charge in [-0.05, 0) is 117 Å². The summed E-state index contributed by atoms with van der Waals surface area (Å²) >= 11 is 0. The van der Waals surface area contributed by atoms with Crippen molar-refractivity contribution in [1.82, 2.24) is 8.80 Å². The Morgan fingerprint density at radius 1 is 0.338 bits per heavy atom. The Morgan fingerprint density at radius 3 is 1.04 bits per heavy atom. The molecule has 0 N–H and O–H groups in total. The molecule has 0 bridgehead atoms. The highest BCUT2D eigenvalue weighted by Crippen LogP contribution is 2.53. The van der Waals surface area contributed by atoms with Crippen molar-refractivity contribution in [2.24, 2.45) is 0 Å². The summed E-state index contributed by atoms with van der Waals surface area (Å²) in [4.78, 5) is 3.72. The predicted octanol–water partition coefficient (Wildman–Crippen LogP) is 20.1. The lowest BCUT2D eigenvalue weighted by Gasteiger charge is -2.28. The van der Waals surface area contributed by atoms with Crippen LogP contribution >= 0.6 is 0 Å². The Balaban J connectivity index is 1.18. The van der Waals surface area contributed by atoms with E-state index in [9.17, 15) is 5.48 Å². The number of rotatable bonds is 6. The minimum absolute atomic E-state index is 0.0587. The number of fused-ring (bicyclic) bond motifs is 12. The summed E-state index contributed by atoms with van der Waals surface area (Å²) in [5.74, 6) is 0. The Hall–Kier alpha value is -7.82. The molecule has 4 aromatic heterocycles. The van der Waals surface area contributed by atoms with Crippen molar-refractivity contribution in [3.05, 3.63) is 204 Å². The third-order valence-corrected chi connectivity index (χ3v) is 15.5. The highest BCUT2D eigenvalue weighted by Gasteiger charge is 2.32. The van der Waals surface area contributed by atoms with Gasteiger partial charge < -0.3 is 18.6 Å². The maximum atomic E-state index is 9.47. The van der Waals surface area contributed by atoms with Crippen molar-refractivity contribution in [1.29, 1.82) is 0 Å². The first kappa shape index (κ1) is 36.2. The normalized spacial score (nSPS) is 15.0. The van der Waals surface area contributed by atoms with Gasteiger partial charge in [0, 0.05) is 65.8 Å². The molecule has 0 saturated heterocycles. The molecular formula is C70H66N4. The van der Waals surface area contributed by atoms with Gasteiger partial charge in [-0.25, -0.2) is 0 Å². The van der Waals surface area contributed by atoms with Gasteiger partial charge in [0.2, 0.25) is 0 Å². The smallest absolute Gasteiger partial charge is 0.0645 e. The van der Waals surface area contributed by atoms with Gasteiger partial charge in [0.05, 0.1) is 58.2 Å². The summed E-state index contributed by atoms with van der Waals surface area (Å²) in [6.07, 6.45) is 0. The molecule has 0 spiro atoms. The fraction of sp³-hybridized carbons (Fsp3) is 0.229. The molecule has 0 saturated carbocycles. The molecule has 366 valence electrons. The van der Waals surface area contributed by atoms with Crippen LogP contribution in [0.2, 0.25) is 0 Å². The van der Waals surface area contributed by atoms with Crippen LogP contribution in [0.4, 0.5) is 34.1 Å². The predicted molar refractivity (Wildman–Crippen MR) is 320 cm³/mol. The highest BCUT2D eigenvalue weighted by atomic mass is 15.2. The number of hydrogen-bond acceptors (Lipinski definition) is 2. The van der Waals surface area contributed by atoms with Crippen LogP contribution in [0.25, 0.3) is 76.2 Å². The number of anilines is 6. The number of nitrogens with zero attached hydrogens (tertiary/aromatic N) is 4. The van der Waals surface area contributed by atoms with E-state index in [1.165, 1.54) is 0 Å². The van der Waals surface area contributed by atoms with Gasteiger partial charge in [0.25, 0.3) is 0 Å². The van der Waals surface area contributed by atoms with Crippen LogP contribution in [-0.2, 0) is 21.7 Å². The molecule has 13 aromatic rings. The zero-order chi connectivity index (χ0) is 60.1. The standard InChI is InChI=1S/C70H66N4/c1-67(2,3)43-29-33-47(34-30-43)71(45-21-15-13-16-22-45)57-39-37-49-53-41-60-54(42-59(53)73-63-51(61(57)65(49)73)25-19-27-55(63)69(7,8)9)50-38-40-58(62-52-26-20-28-56(70(10,11)12)64(52)74(60)66(50)62)72(46-23-17-14-18-24-46)48-35-31-44(32-36-48)68(4,5)6/h13-42H,1-12H3/i13D,14D,15D,16D,17D,18D,21D,22D,23D,24D. The van der Waals surface area contributed by atoms with Crippen LogP contribution in [0.15, 0.2) is 182 Å². The second kappa shape index (κ2) is 15.8. The van der Waals surface area contributed by atoms with E-state index in [1.54, 1.807) is 0 Å². The summed E-state index contributed by atoms with van der Waals surface area (Å²) in [5.41, 5.74) is 12.1. The summed E-state index contributed by atoms with van der Waals surface area (Å²) in [6.45, 7) is 26.2. The molecule has 0 unspecified atom stereocenters. The summed E-state index contributed by atoms with van der Waals surface area (Å²) in [6, 6.07) is 38.3. The second-order valence-corrected chi connectivity index (χ2v) is 24.4. The zero-order valence-electron chi connectivity index (χ0n) is 54.3. The fourth-order valence-electron chi connectivity index (χ4n) is 11.9. The third-order valence-electron chi connectivity index (χ3n) is 15.5. The summed E-state index contributed by atoms with van der Waals surface area (Å²) in [7, 11) is 0. The molecule has 0 aliphatic heterocycles. The molecule has 0 aliphatic rings. The van der Waals surface area contributed by atoms with Gasteiger partial charge in [0.15, 0.2) is 0 Å². The van der Waals surface area contributed by atoms with Crippen LogP contribution in [0.5, 0.6) is 0 Å². The first-order valence-corrected chi connectivity index (χ1v) is 25.8. The Morgan fingerprint density at radius 2 is 0.703 bits per heavy atom. The van der Waals surface area contributed by atoms with Crippen LogP contribution in [0.1, 0.15) is 119 Å². The molecule has 4 nitrogen and oxygen atoms in total. The van der Waals surface area contributed by atoms with E-state index >= 15 is 0 Å². The van der Waals surface area contributed by atoms with Crippen molar-refractivity contribution in [2.45, 2.75) is 105 Å². The number of para-hydroxylation sites is 4. The van der Waals surface area contributed by atoms with E-state index in [4.69, 9.17) is 8.22 Å². The monoisotopic (exact) mass is 973 g/mol. The topological polar surface area (TPSA) is 15.3 Å². The van der Waals surface area contributed by atoms with Crippen molar-refractivity contribution < 1.29 is 13.7 Å². The summed E-state index contributed by atoms with van der Waals surface area (Å²) < 4.78 is 95.7. The van der Waals surface area contributed by atoms with Gasteiger partial charge >= 0.3 is 0 Å². The molecule has 9 aromatic carbocycles. The molecule has 0 atom stereocenters. The molecule has 13 rings (SSSR count). The lowest BCUT2D eigenvalue weighted by atomic mass is 9.85. The van der Waals surface area contributed by atoms with Gasteiger partial charge in [0.1, 0.15) is 0 Å². The molecule has 0 fully saturated rings. The Labute approximate surface area is 449 Å². The lowest BCUT2D eigenvalue weighted by molar-refractivity contribution is 0.590. The second-order valence-electron chi connectivity index (χ2n) is 24.4. The molecule has 74 heavy (non-hydrogen) atoms. The minimum Gasteiger partial charge on any atom is -0.310 e. The average Bonchev–Trinajstić information content (AvgIpc) is 1.54. The van der Waals surface area contributed by atoms with Gasteiger partial charge in [-0.15, -0.1) is 0 Å². The fourth-order valence-corrected chi connectivity index (χ4v) is 11.9. The van der Waals surface area contributed by atoms with E-state index in [2.05, 4.69) is 189 Å². The highest BCUT2D eigenvalue weighted by molar-refractivity contribution is 6.32. The van der Waals surface area contributed by atoms with Gasteiger partial charge in [-0.2, -0.15) is 0 Å². The van der Waals surface area contributed by atoms with Crippen LogP contribution in [0, 0.1) is 0 Å². The van der Waals surface area contributed by atoms with Crippen molar-refractivity contribution in [2.75, 3.05) is 9.80 Å². The molecule has 0 aliphatic carbocycles. The maximum Gasteiger partial charge on any atom is 0.0645 e. The number of aromatic nitrogens is 2. The van der Waals surface area contributed by atoms with Crippen molar-refractivity contribution in [3.8, 4) is 0 Å². The van der Waals surface area contributed by atoms with Gasteiger partial charge in [-0.1, -0.05) is 192 Å². The van der Waals surface area contributed by atoms with E-state index in [0.717, 1.165) is 98.4 Å².